The predicted molar refractivity (Wildman–Crippen MR) is 89.2 cm³/mol. The van der Waals surface area contributed by atoms with E-state index >= 15 is 0 Å². The zero-order valence-corrected chi connectivity index (χ0v) is 12.6. The summed E-state index contributed by atoms with van der Waals surface area (Å²) in [5, 5.41) is 10.2. The van der Waals surface area contributed by atoms with Crippen LogP contribution in [-0.4, -0.2) is 16.1 Å². The van der Waals surface area contributed by atoms with Gasteiger partial charge in [0.1, 0.15) is 5.41 Å². The Morgan fingerprint density at radius 1 is 0.826 bits per heavy atom. The van der Waals surface area contributed by atoms with E-state index in [1.807, 2.05) is 72.8 Å². The van der Waals surface area contributed by atoms with Crippen molar-refractivity contribution in [2.24, 2.45) is 0 Å². The van der Waals surface area contributed by atoms with E-state index in [0.29, 0.717) is 6.42 Å². The maximum Gasteiger partial charge on any atom is 0.318 e. The number of rotatable bonds is 5. The Balaban J connectivity index is 2.21. The molecule has 0 bridgehead atoms. The third kappa shape index (κ3) is 2.86. The van der Waals surface area contributed by atoms with Crippen LogP contribution < -0.4 is 0 Å². The molecule has 114 valence electrons. The van der Waals surface area contributed by atoms with Gasteiger partial charge in [0.05, 0.1) is 0 Å². The molecule has 0 aliphatic carbocycles. The number of carbonyl (C=O) groups is 1. The lowest BCUT2D eigenvalue weighted by molar-refractivity contribution is -0.142. The maximum atomic E-state index is 12.4. The first kappa shape index (κ1) is 15.0. The van der Waals surface area contributed by atoms with Crippen molar-refractivity contribution in [3.8, 4) is 0 Å². The van der Waals surface area contributed by atoms with Gasteiger partial charge in [-0.05, 0) is 35.2 Å². The van der Waals surface area contributed by atoms with Crippen LogP contribution in [-0.2, 0) is 16.6 Å². The van der Waals surface area contributed by atoms with Gasteiger partial charge in [-0.25, -0.2) is 0 Å². The number of aliphatic carboxylic acids is 1. The van der Waals surface area contributed by atoms with Gasteiger partial charge in [-0.1, -0.05) is 60.7 Å². The molecule has 3 nitrogen and oxygen atoms in total. The van der Waals surface area contributed by atoms with E-state index in [0.717, 1.165) is 16.7 Å². The van der Waals surface area contributed by atoms with E-state index in [9.17, 15) is 9.90 Å². The molecule has 0 fully saturated rings. The van der Waals surface area contributed by atoms with Crippen LogP contribution in [0.3, 0.4) is 0 Å². The number of hydrogen-bond donors (Lipinski definition) is 1. The Morgan fingerprint density at radius 2 is 1.30 bits per heavy atom. The van der Waals surface area contributed by atoms with Crippen molar-refractivity contribution in [2.45, 2.75) is 11.8 Å². The molecule has 3 rings (SSSR count). The maximum absolute atomic E-state index is 12.4. The molecule has 0 spiro atoms. The second-order valence-corrected chi connectivity index (χ2v) is 5.47. The quantitative estimate of drug-likeness (QED) is 0.782. The standard InChI is InChI=1S/C20H17NO2/c22-19(23)20(17-7-3-1-4-8-17,18-9-5-2-6-10-18)15-16-11-13-21-14-12-16/h1-14H,15H2,(H,22,23). The smallest absolute Gasteiger partial charge is 0.318 e. The second-order valence-electron chi connectivity index (χ2n) is 5.47. The summed E-state index contributed by atoms with van der Waals surface area (Å²) in [6, 6.07) is 22.5. The van der Waals surface area contributed by atoms with Crippen molar-refractivity contribution in [1.82, 2.24) is 4.98 Å². The molecule has 23 heavy (non-hydrogen) atoms. The van der Waals surface area contributed by atoms with Gasteiger partial charge in [-0.3, -0.25) is 9.78 Å². The number of benzene rings is 2. The Morgan fingerprint density at radius 3 is 1.74 bits per heavy atom. The van der Waals surface area contributed by atoms with Gasteiger partial charge in [0.25, 0.3) is 0 Å². The van der Waals surface area contributed by atoms with E-state index in [2.05, 4.69) is 4.98 Å². The van der Waals surface area contributed by atoms with Gasteiger partial charge in [-0.15, -0.1) is 0 Å². The normalized spacial score (nSPS) is 11.1. The molecular formula is C20H17NO2. The van der Waals surface area contributed by atoms with Crippen molar-refractivity contribution in [2.75, 3.05) is 0 Å². The van der Waals surface area contributed by atoms with Crippen LogP contribution in [0.15, 0.2) is 85.2 Å². The summed E-state index contributed by atoms with van der Waals surface area (Å²) in [5.41, 5.74) is 1.37. The summed E-state index contributed by atoms with van der Waals surface area (Å²) >= 11 is 0. The Labute approximate surface area is 135 Å². The fourth-order valence-electron chi connectivity index (χ4n) is 2.95. The van der Waals surface area contributed by atoms with Gasteiger partial charge in [-0.2, -0.15) is 0 Å². The average molecular weight is 303 g/mol. The largest absolute Gasteiger partial charge is 0.480 e. The number of pyridine rings is 1. The molecule has 3 heteroatoms. The molecule has 1 N–H and O–H groups in total. The first-order chi connectivity index (χ1) is 11.2. The Bertz CT molecular complexity index is 731. The van der Waals surface area contributed by atoms with E-state index in [1.165, 1.54) is 0 Å². The molecule has 3 aromatic rings. The third-order valence-electron chi connectivity index (χ3n) is 4.12. The van der Waals surface area contributed by atoms with E-state index in [1.54, 1.807) is 12.4 Å². The average Bonchev–Trinajstić information content (AvgIpc) is 2.62. The van der Waals surface area contributed by atoms with Gasteiger partial charge < -0.3 is 5.11 Å². The van der Waals surface area contributed by atoms with Crippen LogP contribution >= 0.6 is 0 Å². The molecule has 0 radical (unpaired) electrons. The lowest BCUT2D eigenvalue weighted by Gasteiger charge is -2.31. The molecule has 0 aliphatic heterocycles. The molecule has 2 aromatic carbocycles. The highest BCUT2D eigenvalue weighted by Crippen LogP contribution is 2.36. The molecule has 0 saturated heterocycles. The summed E-state index contributed by atoms with van der Waals surface area (Å²) < 4.78 is 0. The van der Waals surface area contributed by atoms with Crippen LogP contribution in [0.4, 0.5) is 0 Å². The van der Waals surface area contributed by atoms with Crippen molar-refractivity contribution in [3.63, 3.8) is 0 Å². The SMILES string of the molecule is O=C(O)C(Cc1ccncc1)(c1ccccc1)c1ccccc1. The third-order valence-corrected chi connectivity index (χ3v) is 4.12. The molecule has 1 heterocycles. The minimum Gasteiger partial charge on any atom is -0.480 e. The van der Waals surface area contributed by atoms with Gasteiger partial charge in [0.15, 0.2) is 0 Å². The van der Waals surface area contributed by atoms with Gasteiger partial charge >= 0.3 is 5.97 Å². The Hall–Kier alpha value is -2.94. The van der Waals surface area contributed by atoms with Crippen LogP contribution in [0.1, 0.15) is 16.7 Å². The van der Waals surface area contributed by atoms with E-state index < -0.39 is 11.4 Å². The number of aromatic nitrogens is 1. The van der Waals surface area contributed by atoms with Crippen molar-refractivity contribution >= 4 is 5.97 Å². The van der Waals surface area contributed by atoms with E-state index in [-0.39, 0.29) is 0 Å². The van der Waals surface area contributed by atoms with Gasteiger partial charge in [0, 0.05) is 12.4 Å². The second kappa shape index (κ2) is 6.44. The summed E-state index contributed by atoms with van der Waals surface area (Å²) in [6.07, 6.45) is 3.76. The van der Waals surface area contributed by atoms with Gasteiger partial charge in [0.2, 0.25) is 0 Å². The molecule has 0 amide bonds. The van der Waals surface area contributed by atoms with Crippen LogP contribution in [0.5, 0.6) is 0 Å². The summed E-state index contributed by atoms with van der Waals surface area (Å²) in [7, 11) is 0. The summed E-state index contributed by atoms with van der Waals surface area (Å²) in [6.45, 7) is 0. The summed E-state index contributed by atoms with van der Waals surface area (Å²) in [5.74, 6) is -0.855. The lowest BCUT2D eigenvalue weighted by Crippen LogP contribution is -2.39. The minimum atomic E-state index is -1.12. The minimum absolute atomic E-state index is 0.374. The number of hydrogen-bond acceptors (Lipinski definition) is 2. The van der Waals surface area contributed by atoms with E-state index in [4.69, 9.17) is 0 Å². The molecule has 0 aliphatic rings. The van der Waals surface area contributed by atoms with Crippen LogP contribution in [0, 0.1) is 0 Å². The van der Waals surface area contributed by atoms with Crippen LogP contribution in [0.2, 0.25) is 0 Å². The van der Waals surface area contributed by atoms with Crippen LogP contribution in [0.25, 0.3) is 0 Å². The predicted octanol–water partition coefficient (Wildman–Crippen LogP) is 3.70. The lowest BCUT2D eigenvalue weighted by atomic mass is 9.70. The highest BCUT2D eigenvalue weighted by molar-refractivity contribution is 5.86. The number of carboxylic acids is 1. The van der Waals surface area contributed by atoms with Crippen molar-refractivity contribution in [3.05, 3.63) is 102 Å². The van der Waals surface area contributed by atoms with Crippen molar-refractivity contribution < 1.29 is 9.90 Å². The topological polar surface area (TPSA) is 50.2 Å². The highest BCUT2D eigenvalue weighted by Gasteiger charge is 2.42. The molecule has 0 saturated carbocycles. The zero-order valence-electron chi connectivity index (χ0n) is 12.6. The Kier molecular flexibility index (Phi) is 4.20. The monoisotopic (exact) mass is 303 g/mol. The number of nitrogens with zero attached hydrogens (tertiary/aromatic N) is 1. The molecular weight excluding hydrogens is 286 g/mol. The first-order valence-corrected chi connectivity index (χ1v) is 7.47. The fraction of sp³-hybridized carbons (Fsp3) is 0.100. The first-order valence-electron chi connectivity index (χ1n) is 7.47. The molecule has 1 aromatic heterocycles. The molecule has 0 unspecified atom stereocenters. The molecule has 0 atom stereocenters. The number of carboxylic acid groups (broad SMARTS) is 1. The zero-order chi connectivity index (χ0) is 16.1. The highest BCUT2D eigenvalue weighted by atomic mass is 16.4. The van der Waals surface area contributed by atoms with Crippen molar-refractivity contribution in [1.29, 1.82) is 0 Å². The summed E-state index contributed by atoms with van der Waals surface area (Å²) in [4.78, 5) is 16.4. The fourth-order valence-corrected chi connectivity index (χ4v) is 2.95.